The maximum absolute atomic E-state index is 12.3. The van der Waals surface area contributed by atoms with Crippen LogP contribution in [0, 0.1) is 5.92 Å². The number of likely N-dealkylation sites (N-methyl/N-ethyl adjacent to an activating group) is 1. The van der Waals surface area contributed by atoms with Crippen LogP contribution in [0.3, 0.4) is 0 Å². The molecule has 1 saturated heterocycles. The Bertz CT molecular complexity index is 316. The molecule has 0 spiro atoms. The molecule has 19 heavy (non-hydrogen) atoms. The Balaban J connectivity index is 2.48. The molecular formula is C13H26N4O2. The van der Waals surface area contributed by atoms with Crippen LogP contribution in [0.25, 0.3) is 0 Å². The van der Waals surface area contributed by atoms with Crippen molar-refractivity contribution in [3.05, 3.63) is 0 Å². The molecule has 0 radical (unpaired) electrons. The molecule has 0 aliphatic carbocycles. The highest BCUT2D eigenvalue weighted by atomic mass is 16.2. The van der Waals surface area contributed by atoms with Crippen molar-refractivity contribution in [2.45, 2.75) is 19.9 Å². The SMILES string of the molecule is CNC(=O)C(C)CN(C)C(=O)C(C)N1CCNCC1. The van der Waals surface area contributed by atoms with Crippen LogP contribution in [0.2, 0.25) is 0 Å². The number of nitrogens with one attached hydrogen (secondary N) is 2. The lowest BCUT2D eigenvalue weighted by atomic mass is 10.1. The summed E-state index contributed by atoms with van der Waals surface area (Å²) < 4.78 is 0. The molecule has 2 atom stereocenters. The highest BCUT2D eigenvalue weighted by Crippen LogP contribution is 2.06. The Hall–Kier alpha value is -1.14. The van der Waals surface area contributed by atoms with E-state index in [0.717, 1.165) is 26.2 Å². The van der Waals surface area contributed by atoms with Crippen LogP contribution in [0.5, 0.6) is 0 Å². The normalized spacial score (nSPS) is 19.6. The largest absolute Gasteiger partial charge is 0.359 e. The van der Waals surface area contributed by atoms with Gasteiger partial charge in [0.2, 0.25) is 11.8 Å². The molecule has 110 valence electrons. The summed E-state index contributed by atoms with van der Waals surface area (Å²) in [6, 6.07) is -0.121. The number of rotatable bonds is 5. The lowest BCUT2D eigenvalue weighted by Gasteiger charge is -2.34. The molecule has 6 heteroatoms. The summed E-state index contributed by atoms with van der Waals surface area (Å²) in [6.45, 7) is 7.87. The minimum Gasteiger partial charge on any atom is -0.359 e. The van der Waals surface area contributed by atoms with Crippen molar-refractivity contribution >= 4 is 11.8 Å². The van der Waals surface area contributed by atoms with E-state index in [9.17, 15) is 9.59 Å². The van der Waals surface area contributed by atoms with Crippen LogP contribution in [0.15, 0.2) is 0 Å². The zero-order valence-corrected chi connectivity index (χ0v) is 12.4. The Morgan fingerprint density at radius 2 is 1.89 bits per heavy atom. The summed E-state index contributed by atoms with van der Waals surface area (Å²) in [7, 11) is 3.38. The fraction of sp³-hybridized carbons (Fsp3) is 0.846. The quantitative estimate of drug-likeness (QED) is 0.681. The summed E-state index contributed by atoms with van der Waals surface area (Å²) in [5, 5.41) is 5.88. The molecule has 0 saturated carbocycles. The molecular weight excluding hydrogens is 244 g/mol. The maximum atomic E-state index is 12.3. The van der Waals surface area contributed by atoms with Crippen LogP contribution in [0.1, 0.15) is 13.8 Å². The first kappa shape index (κ1) is 15.9. The van der Waals surface area contributed by atoms with Crippen molar-refractivity contribution in [1.82, 2.24) is 20.4 Å². The number of hydrogen-bond acceptors (Lipinski definition) is 4. The topological polar surface area (TPSA) is 64.7 Å². The van der Waals surface area contributed by atoms with Gasteiger partial charge in [-0.2, -0.15) is 0 Å². The zero-order valence-electron chi connectivity index (χ0n) is 12.4. The van der Waals surface area contributed by atoms with Crippen molar-refractivity contribution in [3.63, 3.8) is 0 Å². The minimum absolute atomic E-state index is 0.0329. The van der Waals surface area contributed by atoms with Gasteiger partial charge in [0, 0.05) is 46.8 Å². The molecule has 0 aromatic heterocycles. The molecule has 1 fully saturated rings. The third kappa shape index (κ3) is 4.47. The summed E-state index contributed by atoms with van der Waals surface area (Å²) in [5.74, 6) is -0.138. The predicted octanol–water partition coefficient (Wildman–Crippen LogP) is -0.879. The molecule has 1 heterocycles. The van der Waals surface area contributed by atoms with Crippen molar-refractivity contribution in [1.29, 1.82) is 0 Å². The van der Waals surface area contributed by atoms with Crippen LogP contribution in [-0.4, -0.2) is 74.5 Å². The van der Waals surface area contributed by atoms with Gasteiger partial charge in [0.15, 0.2) is 0 Å². The van der Waals surface area contributed by atoms with Crippen LogP contribution < -0.4 is 10.6 Å². The van der Waals surface area contributed by atoms with Crippen LogP contribution >= 0.6 is 0 Å². The Labute approximate surface area is 115 Å². The Morgan fingerprint density at radius 1 is 1.32 bits per heavy atom. The van der Waals surface area contributed by atoms with E-state index in [2.05, 4.69) is 15.5 Å². The Morgan fingerprint density at radius 3 is 2.42 bits per heavy atom. The van der Waals surface area contributed by atoms with Crippen LogP contribution in [0.4, 0.5) is 0 Å². The highest BCUT2D eigenvalue weighted by Gasteiger charge is 2.26. The van der Waals surface area contributed by atoms with E-state index in [0.29, 0.717) is 6.54 Å². The van der Waals surface area contributed by atoms with Crippen LogP contribution in [-0.2, 0) is 9.59 Å². The number of carbonyl (C=O) groups excluding carboxylic acids is 2. The summed E-state index contributed by atoms with van der Waals surface area (Å²) in [4.78, 5) is 27.6. The van der Waals surface area contributed by atoms with E-state index < -0.39 is 0 Å². The van der Waals surface area contributed by atoms with Crippen molar-refractivity contribution in [3.8, 4) is 0 Å². The van der Waals surface area contributed by atoms with E-state index in [-0.39, 0.29) is 23.8 Å². The Kier molecular flexibility index (Phi) is 6.24. The van der Waals surface area contributed by atoms with Gasteiger partial charge in [0.25, 0.3) is 0 Å². The molecule has 0 aromatic carbocycles. The fourth-order valence-corrected chi connectivity index (χ4v) is 2.37. The van der Waals surface area contributed by atoms with E-state index in [1.54, 1.807) is 19.0 Å². The number of nitrogens with zero attached hydrogens (tertiary/aromatic N) is 2. The molecule has 1 aliphatic rings. The van der Waals surface area contributed by atoms with Gasteiger partial charge in [-0.1, -0.05) is 6.92 Å². The lowest BCUT2D eigenvalue weighted by molar-refractivity contribution is -0.136. The zero-order chi connectivity index (χ0) is 14.4. The van der Waals surface area contributed by atoms with Gasteiger partial charge in [-0.3, -0.25) is 14.5 Å². The molecule has 2 unspecified atom stereocenters. The van der Waals surface area contributed by atoms with Gasteiger partial charge in [0.05, 0.1) is 12.0 Å². The first-order valence-corrected chi connectivity index (χ1v) is 6.88. The van der Waals surface area contributed by atoms with E-state index >= 15 is 0 Å². The molecule has 0 bridgehead atoms. The second-order valence-electron chi connectivity index (χ2n) is 5.20. The first-order valence-electron chi connectivity index (χ1n) is 6.88. The van der Waals surface area contributed by atoms with Gasteiger partial charge in [-0.15, -0.1) is 0 Å². The maximum Gasteiger partial charge on any atom is 0.239 e. The van der Waals surface area contributed by atoms with E-state index in [1.165, 1.54) is 0 Å². The van der Waals surface area contributed by atoms with Gasteiger partial charge < -0.3 is 15.5 Å². The van der Waals surface area contributed by atoms with Gasteiger partial charge in [-0.25, -0.2) is 0 Å². The number of hydrogen-bond donors (Lipinski definition) is 2. The fourth-order valence-electron chi connectivity index (χ4n) is 2.37. The molecule has 2 amide bonds. The smallest absolute Gasteiger partial charge is 0.239 e. The second-order valence-corrected chi connectivity index (χ2v) is 5.20. The lowest BCUT2D eigenvalue weighted by Crippen LogP contribution is -2.53. The summed E-state index contributed by atoms with van der Waals surface area (Å²) >= 11 is 0. The molecule has 1 rings (SSSR count). The predicted molar refractivity (Wildman–Crippen MR) is 74.8 cm³/mol. The van der Waals surface area contributed by atoms with E-state index in [1.807, 2.05) is 13.8 Å². The summed E-state index contributed by atoms with van der Waals surface area (Å²) in [6.07, 6.45) is 0. The second kappa shape index (κ2) is 7.45. The third-order valence-electron chi connectivity index (χ3n) is 3.67. The average molecular weight is 270 g/mol. The van der Waals surface area contributed by atoms with Gasteiger partial charge in [-0.05, 0) is 6.92 Å². The molecule has 0 aromatic rings. The third-order valence-corrected chi connectivity index (χ3v) is 3.67. The number of piperazine rings is 1. The van der Waals surface area contributed by atoms with Crippen molar-refractivity contribution in [2.24, 2.45) is 5.92 Å². The number of amides is 2. The summed E-state index contributed by atoms with van der Waals surface area (Å²) in [5.41, 5.74) is 0. The number of carbonyl (C=O) groups is 2. The first-order chi connectivity index (χ1) is 8.97. The monoisotopic (exact) mass is 270 g/mol. The molecule has 6 nitrogen and oxygen atoms in total. The van der Waals surface area contributed by atoms with Crippen molar-refractivity contribution in [2.75, 3.05) is 46.8 Å². The minimum atomic E-state index is -0.186. The van der Waals surface area contributed by atoms with Gasteiger partial charge >= 0.3 is 0 Å². The molecule has 1 aliphatic heterocycles. The highest BCUT2D eigenvalue weighted by molar-refractivity contribution is 5.83. The van der Waals surface area contributed by atoms with Gasteiger partial charge in [0.1, 0.15) is 0 Å². The standard InChI is InChI=1S/C13H26N4O2/c1-10(12(18)14-3)9-16(4)13(19)11(2)17-7-5-15-6-8-17/h10-11,15H,5-9H2,1-4H3,(H,14,18). The molecule has 2 N–H and O–H groups in total. The van der Waals surface area contributed by atoms with E-state index in [4.69, 9.17) is 0 Å². The van der Waals surface area contributed by atoms with Crippen molar-refractivity contribution < 1.29 is 9.59 Å². The average Bonchev–Trinajstić information content (AvgIpc) is 2.45.